The number of piperidine rings is 1. The minimum absolute atomic E-state index is 0.0567. The normalized spacial score (nSPS) is 18.8. The molecule has 0 N–H and O–H groups in total. The summed E-state index contributed by atoms with van der Waals surface area (Å²) in [4.78, 5) is 15.2. The Kier molecular flexibility index (Phi) is 8.41. The van der Waals surface area contributed by atoms with E-state index in [1.165, 1.54) is 12.1 Å². The van der Waals surface area contributed by atoms with Crippen LogP contribution in [-0.4, -0.2) is 50.3 Å². The van der Waals surface area contributed by atoms with Crippen LogP contribution in [0.25, 0.3) is 0 Å². The number of hydrogen-bond donors (Lipinski definition) is 0. The highest BCUT2D eigenvalue weighted by molar-refractivity contribution is 7.93. The van der Waals surface area contributed by atoms with E-state index >= 15 is 0 Å². The summed E-state index contributed by atoms with van der Waals surface area (Å²) in [7, 11) is -4.04. The first kappa shape index (κ1) is 25.1. The number of hydrogen-bond acceptors (Lipinski definition) is 6. The first-order valence-corrected chi connectivity index (χ1v) is 12.7. The van der Waals surface area contributed by atoms with Crippen LogP contribution < -0.4 is 4.74 Å². The van der Waals surface area contributed by atoms with Crippen LogP contribution >= 0.6 is 11.6 Å². The molecule has 0 bridgehead atoms. The molecule has 0 aromatic heterocycles. The summed E-state index contributed by atoms with van der Waals surface area (Å²) >= 11 is 5.98. The first-order chi connectivity index (χ1) is 15.8. The molecule has 1 atom stereocenters. The minimum Gasteiger partial charge on any atom is -0.481 e. The molecular weight excluding hydrogens is 462 g/mol. The van der Waals surface area contributed by atoms with Crippen LogP contribution in [0.15, 0.2) is 53.4 Å². The van der Waals surface area contributed by atoms with E-state index in [2.05, 4.69) is 11.8 Å². The van der Waals surface area contributed by atoms with Gasteiger partial charge in [0.2, 0.25) is 0 Å². The van der Waals surface area contributed by atoms with Crippen molar-refractivity contribution in [2.45, 2.75) is 42.9 Å². The third-order valence-corrected chi connectivity index (χ3v) is 8.31. The van der Waals surface area contributed by atoms with Crippen LogP contribution in [0.3, 0.4) is 0 Å². The zero-order valence-electron chi connectivity index (χ0n) is 18.8. The molecule has 33 heavy (non-hydrogen) atoms. The molecule has 0 spiro atoms. The average molecular weight is 490 g/mol. The van der Waals surface area contributed by atoms with Gasteiger partial charge in [0.1, 0.15) is 12.4 Å². The van der Waals surface area contributed by atoms with Crippen molar-refractivity contribution in [2.24, 2.45) is 0 Å². The number of carbonyl (C=O) groups excluding carboxylic acids is 1. The number of rotatable bonds is 8. The fourth-order valence-corrected chi connectivity index (χ4v) is 6.10. The Bertz CT molecular complexity index is 1120. The number of likely N-dealkylation sites (tertiary alicyclic amines) is 1. The number of esters is 1. The molecule has 0 radical (unpaired) electrons. The van der Waals surface area contributed by atoms with Gasteiger partial charge in [-0.15, -0.1) is 5.92 Å². The van der Waals surface area contributed by atoms with Crippen molar-refractivity contribution >= 4 is 27.4 Å². The average Bonchev–Trinajstić information content (AvgIpc) is 2.81. The number of ether oxygens (including phenoxy) is 2. The lowest BCUT2D eigenvalue weighted by molar-refractivity contribution is -0.148. The maximum Gasteiger partial charge on any atom is 0.329 e. The number of nitrogens with zero attached hydrogens (tertiary/aromatic N) is 1. The second-order valence-corrected chi connectivity index (χ2v) is 10.5. The Morgan fingerprint density at radius 1 is 1.15 bits per heavy atom. The summed E-state index contributed by atoms with van der Waals surface area (Å²) in [6, 6.07) is 13.5. The largest absolute Gasteiger partial charge is 0.481 e. The molecule has 1 aliphatic rings. The maximum absolute atomic E-state index is 13.8. The third-order valence-electron chi connectivity index (χ3n) is 5.64. The number of benzene rings is 2. The van der Waals surface area contributed by atoms with E-state index in [4.69, 9.17) is 21.1 Å². The molecule has 176 valence electrons. The Hall–Kier alpha value is -2.53. The predicted molar refractivity (Wildman–Crippen MR) is 128 cm³/mol. The van der Waals surface area contributed by atoms with Crippen molar-refractivity contribution in [3.05, 3.63) is 59.1 Å². The minimum atomic E-state index is -4.04. The molecule has 0 amide bonds. The molecule has 0 aliphatic carbocycles. The fraction of sp³-hybridized carbons (Fsp3) is 0.400. The highest BCUT2D eigenvalue weighted by Gasteiger charge is 2.54. The quantitative estimate of drug-likeness (QED) is 0.410. The number of carbonyl (C=O) groups is 1. The zero-order chi connectivity index (χ0) is 23.9. The number of halogens is 1. The van der Waals surface area contributed by atoms with Gasteiger partial charge in [-0.05, 0) is 75.2 Å². The van der Waals surface area contributed by atoms with Gasteiger partial charge in [-0.1, -0.05) is 29.7 Å². The summed E-state index contributed by atoms with van der Waals surface area (Å²) < 4.78 is 36.8. The summed E-state index contributed by atoms with van der Waals surface area (Å²) in [6.45, 7) is 4.98. The Morgan fingerprint density at radius 2 is 1.85 bits per heavy atom. The lowest BCUT2D eigenvalue weighted by Crippen LogP contribution is -2.58. The molecule has 1 aliphatic heterocycles. The molecule has 2 aromatic rings. The molecule has 3 rings (SSSR count). The van der Waals surface area contributed by atoms with Gasteiger partial charge < -0.3 is 9.47 Å². The van der Waals surface area contributed by atoms with E-state index in [0.29, 0.717) is 30.3 Å². The molecule has 1 saturated heterocycles. The smallest absolute Gasteiger partial charge is 0.329 e. The van der Waals surface area contributed by atoms with Gasteiger partial charge >= 0.3 is 5.97 Å². The van der Waals surface area contributed by atoms with Crippen molar-refractivity contribution < 1.29 is 22.7 Å². The molecule has 1 heterocycles. The molecule has 0 saturated carbocycles. The molecule has 1 fully saturated rings. The number of sulfone groups is 1. The van der Waals surface area contributed by atoms with E-state index in [0.717, 1.165) is 5.56 Å². The van der Waals surface area contributed by atoms with Gasteiger partial charge in [-0.3, -0.25) is 9.69 Å². The van der Waals surface area contributed by atoms with Crippen molar-refractivity contribution in [3.8, 4) is 17.6 Å². The SMILES string of the molecule is CC#CCOc1ccc(S(=O)(=O)C2(C(=O)OCC)CCCN(Cc3ccc(Cl)cc3)C2)cc1. The van der Waals surface area contributed by atoms with Crippen LogP contribution in [0.1, 0.15) is 32.3 Å². The van der Waals surface area contributed by atoms with Crippen LogP contribution in [0.4, 0.5) is 0 Å². The second-order valence-electron chi connectivity index (χ2n) is 7.85. The summed E-state index contributed by atoms with van der Waals surface area (Å²) in [5.74, 6) is 5.33. The molecule has 6 nitrogen and oxygen atoms in total. The van der Waals surface area contributed by atoms with Gasteiger partial charge in [-0.25, -0.2) is 8.42 Å². The first-order valence-electron chi connectivity index (χ1n) is 10.8. The molecule has 1 unspecified atom stereocenters. The van der Waals surface area contributed by atoms with E-state index in [1.54, 1.807) is 38.1 Å². The second kappa shape index (κ2) is 11.1. The van der Waals surface area contributed by atoms with E-state index in [1.807, 2.05) is 17.0 Å². The van der Waals surface area contributed by atoms with Crippen molar-refractivity contribution in [1.82, 2.24) is 4.90 Å². The monoisotopic (exact) mass is 489 g/mol. The molecule has 8 heteroatoms. The fourth-order valence-electron chi connectivity index (χ4n) is 3.98. The Labute approximate surface area is 200 Å². The van der Waals surface area contributed by atoms with Crippen LogP contribution in [0.5, 0.6) is 5.75 Å². The molecule has 2 aromatic carbocycles. The van der Waals surface area contributed by atoms with Crippen LogP contribution in [-0.2, 0) is 25.9 Å². The topological polar surface area (TPSA) is 72.9 Å². The van der Waals surface area contributed by atoms with Gasteiger partial charge in [0.25, 0.3) is 0 Å². The van der Waals surface area contributed by atoms with Crippen LogP contribution in [0, 0.1) is 11.8 Å². The van der Waals surface area contributed by atoms with Crippen molar-refractivity contribution in [3.63, 3.8) is 0 Å². The lowest BCUT2D eigenvalue weighted by Gasteiger charge is -2.40. The van der Waals surface area contributed by atoms with Crippen LogP contribution in [0.2, 0.25) is 5.02 Å². The van der Waals surface area contributed by atoms with Gasteiger partial charge in [0.15, 0.2) is 14.6 Å². The highest BCUT2D eigenvalue weighted by atomic mass is 35.5. The van der Waals surface area contributed by atoms with Crippen molar-refractivity contribution in [1.29, 1.82) is 0 Å². The third kappa shape index (κ3) is 5.70. The highest BCUT2D eigenvalue weighted by Crippen LogP contribution is 2.37. The summed E-state index contributed by atoms with van der Waals surface area (Å²) in [6.07, 6.45) is 0.762. The standard InChI is InChI=1S/C25H28ClNO5S/c1-3-5-17-32-22-11-13-23(14-12-22)33(29,30)25(24(28)31-4-2)15-6-16-27(19-25)18-20-7-9-21(26)10-8-20/h7-14H,4,6,15-19H2,1-2H3. The van der Waals surface area contributed by atoms with Gasteiger partial charge in [-0.2, -0.15) is 0 Å². The Morgan fingerprint density at radius 3 is 2.48 bits per heavy atom. The van der Waals surface area contributed by atoms with Crippen molar-refractivity contribution in [2.75, 3.05) is 26.3 Å². The lowest BCUT2D eigenvalue weighted by atomic mass is 9.96. The van der Waals surface area contributed by atoms with E-state index in [-0.39, 0.29) is 31.1 Å². The summed E-state index contributed by atoms with van der Waals surface area (Å²) in [5, 5.41) is 0.634. The Balaban J connectivity index is 1.90. The zero-order valence-corrected chi connectivity index (χ0v) is 20.4. The summed E-state index contributed by atoms with van der Waals surface area (Å²) in [5.41, 5.74) is 0.994. The van der Waals surface area contributed by atoms with Gasteiger partial charge in [0, 0.05) is 18.1 Å². The van der Waals surface area contributed by atoms with E-state index in [9.17, 15) is 13.2 Å². The molecular formula is C25H28ClNO5S. The predicted octanol–water partition coefficient (Wildman–Crippen LogP) is 4.11. The van der Waals surface area contributed by atoms with Gasteiger partial charge in [0.05, 0.1) is 11.5 Å². The maximum atomic E-state index is 13.8. The van der Waals surface area contributed by atoms with E-state index < -0.39 is 20.6 Å².